The van der Waals surface area contributed by atoms with Crippen LogP contribution in [0.15, 0.2) is 18.2 Å². The predicted octanol–water partition coefficient (Wildman–Crippen LogP) is -0.401. The Morgan fingerprint density at radius 2 is 1.55 bits per heavy atom. The zero-order valence-corrected chi connectivity index (χ0v) is 22.7. The number of benzene rings is 1. The minimum absolute atomic E-state index is 0.0769. The molecule has 4 N–H and O–H groups in total. The average Bonchev–Trinajstić information content (AvgIpc) is 3.46. The Kier molecular flexibility index (Phi) is 11.4. The van der Waals surface area contributed by atoms with Crippen LogP contribution in [0, 0.1) is 0 Å². The monoisotopic (exact) mass is 561 g/mol. The SMILES string of the molecule is NC1CCN(CCOCCOCCOCCOCCNc2cccc3c2C(=O)N(C2CCC(=O)NC2=O)C3=O)C1. The number of hydrogen-bond donors (Lipinski definition) is 3. The maximum atomic E-state index is 13.1. The Morgan fingerprint density at radius 3 is 2.20 bits per heavy atom. The Bertz CT molecular complexity index is 1050. The van der Waals surface area contributed by atoms with Crippen molar-refractivity contribution in [3.63, 3.8) is 0 Å². The zero-order chi connectivity index (χ0) is 28.3. The fourth-order valence-electron chi connectivity index (χ4n) is 4.94. The number of ether oxygens (including phenoxy) is 4. The van der Waals surface area contributed by atoms with Gasteiger partial charge in [-0.3, -0.25) is 34.3 Å². The molecule has 2 saturated heterocycles. The summed E-state index contributed by atoms with van der Waals surface area (Å²) in [6.07, 6.45) is 1.25. The molecule has 0 saturated carbocycles. The molecule has 0 radical (unpaired) electrons. The molecular weight excluding hydrogens is 522 g/mol. The van der Waals surface area contributed by atoms with Crippen molar-refractivity contribution in [3.8, 4) is 0 Å². The van der Waals surface area contributed by atoms with Gasteiger partial charge >= 0.3 is 0 Å². The number of hydrogen-bond acceptors (Lipinski definition) is 11. The van der Waals surface area contributed by atoms with Crippen molar-refractivity contribution in [1.29, 1.82) is 0 Å². The van der Waals surface area contributed by atoms with Crippen LogP contribution in [0.3, 0.4) is 0 Å². The first-order valence-corrected chi connectivity index (χ1v) is 13.8. The average molecular weight is 562 g/mol. The van der Waals surface area contributed by atoms with E-state index >= 15 is 0 Å². The Labute approximate surface area is 233 Å². The molecular formula is C27H39N5O8. The van der Waals surface area contributed by atoms with Crippen LogP contribution in [0.5, 0.6) is 0 Å². The number of nitrogens with zero attached hydrogens (tertiary/aromatic N) is 2. The third-order valence-corrected chi connectivity index (χ3v) is 7.01. The quantitative estimate of drug-likeness (QED) is 0.168. The Hall–Kier alpha value is -2.94. The molecule has 4 rings (SSSR count). The molecule has 13 nitrogen and oxygen atoms in total. The van der Waals surface area contributed by atoms with E-state index in [1.807, 2.05) is 0 Å². The normalized spacial score (nSPS) is 21.3. The van der Waals surface area contributed by atoms with Crippen molar-refractivity contribution < 1.29 is 38.1 Å². The Morgan fingerprint density at radius 1 is 0.875 bits per heavy atom. The Balaban J connectivity index is 1.03. The lowest BCUT2D eigenvalue weighted by molar-refractivity contribution is -0.136. The van der Waals surface area contributed by atoms with Crippen LogP contribution >= 0.6 is 0 Å². The van der Waals surface area contributed by atoms with Crippen molar-refractivity contribution in [2.45, 2.75) is 31.3 Å². The largest absolute Gasteiger partial charge is 0.382 e. The summed E-state index contributed by atoms with van der Waals surface area (Å²) in [5.41, 5.74) is 6.84. The molecule has 0 aromatic heterocycles. The maximum Gasteiger partial charge on any atom is 0.264 e. The summed E-state index contributed by atoms with van der Waals surface area (Å²) in [7, 11) is 0. The molecule has 220 valence electrons. The van der Waals surface area contributed by atoms with E-state index in [9.17, 15) is 19.2 Å². The minimum Gasteiger partial charge on any atom is -0.382 e. The number of amides is 4. The lowest BCUT2D eigenvalue weighted by Gasteiger charge is -2.27. The molecule has 1 aromatic rings. The number of piperidine rings is 1. The molecule has 1 aromatic carbocycles. The molecule has 3 aliphatic rings. The highest BCUT2D eigenvalue weighted by Gasteiger charge is 2.45. The van der Waals surface area contributed by atoms with Gasteiger partial charge in [-0.05, 0) is 31.5 Å². The molecule has 13 heteroatoms. The van der Waals surface area contributed by atoms with Crippen LogP contribution in [-0.4, -0.2) is 125 Å². The van der Waals surface area contributed by atoms with Crippen LogP contribution in [0.4, 0.5) is 5.69 Å². The number of imide groups is 2. The summed E-state index contributed by atoms with van der Waals surface area (Å²) >= 11 is 0. The van der Waals surface area contributed by atoms with Gasteiger partial charge in [-0.15, -0.1) is 0 Å². The molecule has 3 heterocycles. The number of anilines is 1. The lowest BCUT2D eigenvalue weighted by Crippen LogP contribution is -2.54. The van der Waals surface area contributed by atoms with Gasteiger partial charge in [0.15, 0.2) is 0 Å². The number of carbonyl (C=O) groups is 4. The van der Waals surface area contributed by atoms with E-state index in [-0.39, 0.29) is 24.0 Å². The molecule has 40 heavy (non-hydrogen) atoms. The molecule has 0 bridgehead atoms. The van der Waals surface area contributed by atoms with E-state index in [2.05, 4.69) is 15.5 Å². The summed E-state index contributed by atoms with van der Waals surface area (Å²) in [5.74, 6) is -2.13. The smallest absolute Gasteiger partial charge is 0.264 e. The lowest BCUT2D eigenvalue weighted by atomic mass is 10.0. The summed E-state index contributed by atoms with van der Waals surface area (Å²) < 4.78 is 22.2. The van der Waals surface area contributed by atoms with Crippen LogP contribution in [-0.2, 0) is 28.5 Å². The highest BCUT2D eigenvalue weighted by molar-refractivity contribution is 6.25. The van der Waals surface area contributed by atoms with Gasteiger partial charge in [0.2, 0.25) is 11.8 Å². The fourth-order valence-corrected chi connectivity index (χ4v) is 4.94. The number of likely N-dealkylation sites (tertiary alicyclic amines) is 1. The second-order valence-corrected chi connectivity index (χ2v) is 9.90. The van der Waals surface area contributed by atoms with Gasteiger partial charge in [0.1, 0.15) is 6.04 Å². The summed E-state index contributed by atoms with van der Waals surface area (Å²) in [5, 5.41) is 5.33. The first kappa shape index (κ1) is 30.0. The van der Waals surface area contributed by atoms with Crippen LogP contribution in [0.25, 0.3) is 0 Å². The maximum absolute atomic E-state index is 13.1. The highest BCUT2D eigenvalue weighted by Crippen LogP contribution is 2.32. The van der Waals surface area contributed by atoms with Gasteiger partial charge in [0.25, 0.3) is 11.8 Å². The van der Waals surface area contributed by atoms with Gasteiger partial charge in [-0.25, -0.2) is 0 Å². The topological polar surface area (TPSA) is 162 Å². The second-order valence-electron chi connectivity index (χ2n) is 9.90. The van der Waals surface area contributed by atoms with Crippen LogP contribution in [0.1, 0.15) is 40.0 Å². The van der Waals surface area contributed by atoms with Gasteiger partial charge in [0.05, 0.1) is 64.0 Å². The third-order valence-electron chi connectivity index (χ3n) is 7.01. The van der Waals surface area contributed by atoms with Crippen molar-refractivity contribution >= 4 is 29.3 Å². The first-order chi connectivity index (χ1) is 19.5. The number of nitrogens with one attached hydrogen (secondary N) is 2. The number of fused-ring (bicyclic) bond motifs is 1. The molecule has 4 amide bonds. The number of rotatable bonds is 17. The highest BCUT2D eigenvalue weighted by atomic mass is 16.6. The van der Waals surface area contributed by atoms with Crippen molar-refractivity contribution in [3.05, 3.63) is 29.3 Å². The van der Waals surface area contributed by atoms with Gasteiger partial charge in [-0.2, -0.15) is 0 Å². The molecule has 2 fully saturated rings. The van der Waals surface area contributed by atoms with Crippen molar-refractivity contribution in [2.24, 2.45) is 5.73 Å². The van der Waals surface area contributed by atoms with Crippen LogP contribution < -0.4 is 16.4 Å². The van der Waals surface area contributed by atoms with Crippen molar-refractivity contribution in [1.82, 2.24) is 15.1 Å². The molecule has 3 aliphatic heterocycles. The van der Waals surface area contributed by atoms with E-state index in [0.717, 1.165) is 31.0 Å². The standard InChI is InChI=1S/C27H39N5O8/c28-19-6-8-31(18-19)9-11-38-13-15-40-17-16-39-14-12-37-10-7-29-21-3-1-2-20-24(21)27(36)32(26(20)35)22-4-5-23(33)30-25(22)34/h1-3,19,22,29H,4-18,28H2,(H,30,33,34). The molecule has 2 unspecified atom stereocenters. The molecule has 2 atom stereocenters. The van der Waals surface area contributed by atoms with Crippen molar-refractivity contribution in [2.75, 3.05) is 84.4 Å². The number of carbonyl (C=O) groups excluding carboxylic acids is 4. The van der Waals surface area contributed by atoms with E-state index < -0.39 is 29.7 Å². The van der Waals surface area contributed by atoms with Crippen LogP contribution in [0.2, 0.25) is 0 Å². The predicted molar refractivity (Wildman–Crippen MR) is 144 cm³/mol. The minimum atomic E-state index is -0.995. The van der Waals surface area contributed by atoms with Gasteiger partial charge in [0, 0.05) is 37.8 Å². The van der Waals surface area contributed by atoms with E-state index in [1.54, 1.807) is 18.2 Å². The van der Waals surface area contributed by atoms with Gasteiger partial charge in [-0.1, -0.05) is 6.07 Å². The zero-order valence-electron chi connectivity index (χ0n) is 22.7. The summed E-state index contributed by atoms with van der Waals surface area (Å²) in [4.78, 5) is 53.0. The molecule has 0 spiro atoms. The van der Waals surface area contributed by atoms with Gasteiger partial charge < -0.3 is 30.0 Å². The first-order valence-electron chi connectivity index (χ1n) is 13.8. The molecule has 0 aliphatic carbocycles. The second kappa shape index (κ2) is 15.2. The summed E-state index contributed by atoms with van der Waals surface area (Å²) in [6.45, 7) is 7.19. The van der Waals surface area contributed by atoms with E-state index in [1.165, 1.54) is 0 Å². The fraction of sp³-hybridized carbons (Fsp3) is 0.630. The summed E-state index contributed by atoms with van der Waals surface area (Å²) in [6, 6.07) is 4.24. The van der Waals surface area contributed by atoms with E-state index in [4.69, 9.17) is 24.7 Å². The van der Waals surface area contributed by atoms with E-state index in [0.29, 0.717) is 71.1 Å². The third kappa shape index (κ3) is 8.05. The number of nitrogens with two attached hydrogens (primary N) is 1.